The Morgan fingerprint density at radius 1 is 1.18 bits per heavy atom. The van der Waals surface area contributed by atoms with Crippen LogP contribution in [-0.4, -0.2) is 52.8 Å². The largest absolute Gasteiger partial charge is 0.298 e. The fraction of sp³-hybridized carbons (Fsp3) is 0.667. The number of aromatic nitrogens is 1. The predicted molar refractivity (Wildman–Crippen MR) is 92.2 cm³/mol. The second-order valence-corrected chi connectivity index (χ2v) is 5.70. The van der Waals surface area contributed by atoms with Crippen molar-refractivity contribution in [1.29, 1.82) is 0 Å². The number of hydrogen-bond donors (Lipinski definition) is 0. The Bertz CT molecular complexity index is 451. The molecular formula is C18H31N3O. The zero-order valence-corrected chi connectivity index (χ0v) is 14.8. The third-order valence-corrected chi connectivity index (χ3v) is 3.94. The third kappa shape index (κ3) is 5.50. The molecule has 0 amide bonds. The quantitative estimate of drug-likeness (QED) is 0.783. The molecule has 0 aliphatic carbocycles. The molecule has 0 saturated carbocycles. The number of ketones is 1. The molecule has 0 N–H and O–H groups in total. The minimum Gasteiger partial charge on any atom is -0.298 e. The van der Waals surface area contributed by atoms with Gasteiger partial charge in [-0.1, -0.05) is 26.8 Å². The van der Waals surface area contributed by atoms with Gasteiger partial charge in [-0.15, -0.1) is 0 Å². The molecule has 0 atom stereocenters. The second kappa shape index (κ2) is 9.70. The van der Waals surface area contributed by atoms with Crippen LogP contribution in [0.25, 0.3) is 0 Å². The average Bonchev–Trinajstić information content (AvgIpc) is 2.56. The van der Waals surface area contributed by atoms with Crippen molar-refractivity contribution in [2.45, 2.75) is 53.6 Å². The van der Waals surface area contributed by atoms with Gasteiger partial charge in [0.15, 0.2) is 5.78 Å². The maximum Gasteiger partial charge on any atom is 0.180 e. The van der Waals surface area contributed by atoms with Crippen LogP contribution in [0.5, 0.6) is 0 Å². The number of rotatable bonds is 5. The first-order chi connectivity index (χ1) is 10.6. The third-order valence-electron chi connectivity index (χ3n) is 3.94. The summed E-state index contributed by atoms with van der Waals surface area (Å²) >= 11 is 0. The van der Waals surface area contributed by atoms with Crippen molar-refractivity contribution in [2.24, 2.45) is 0 Å². The molecule has 1 aliphatic heterocycles. The van der Waals surface area contributed by atoms with E-state index in [0.29, 0.717) is 18.2 Å². The van der Waals surface area contributed by atoms with Gasteiger partial charge in [0, 0.05) is 45.2 Å². The molecule has 22 heavy (non-hydrogen) atoms. The van der Waals surface area contributed by atoms with Gasteiger partial charge in [-0.2, -0.15) is 0 Å². The van der Waals surface area contributed by atoms with Crippen LogP contribution < -0.4 is 0 Å². The fourth-order valence-corrected chi connectivity index (χ4v) is 2.57. The van der Waals surface area contributed by atoms with E-state index in [2.05, 4.69) is 28.6 Å². The summed E-state index contributed by atoms with van der Waals surface area (Å²) in [5.41, 5.74) is 1.60. The molecular weight excluding hydrogens is 274 g/mol. The van der Waals surface area contributed by atoms with Gasteiger partial charge >= 0.3 is 0 Å². The maximum absolute atomic E-state index is 11.7. The van der Waals surface area contributed by atoms with Gasteiger partial charge in [0.05, 0.1) is 5.69 Å². The molecule has 0 bridgehead atoms. The molecule has 0 unspecified atom stereocenters. The molecule has 1 saturated heterocycles. The zero-order chi connectivity index (χ0) is 16.5. The number of Topliss-reactive ketones (excluding diaryl/α,β-unsaturated/α-hetero) is 1. The molecule has 124 valence electrons. The Kier molecular flexibility index (Phi) is 8.28. The van der Waals surface area contributed by atoms with Crippen molar-refractivity contribution in [3.63, 3.8) is 0 Å². The summed E-state index contributed by atoms with van der Waals surface area (Å²) in [5.74, 6) is 0.122. The molecule has 1 aliphatic rings. The van der Waals surface area contributed by atoms with Crippen molar-refractivity contribution in [3.05, 3.63) is 29.6 Å². The van der Waals surface area contributed by atoms with E-state index in [4.69, 9.17) is 0 Å². The molecule has 4 nitrogen and oxygen atoms in total. The summed E-state index contributed by atoms with van der Waals surface area (Å²) in [6, 6.07) is 6.39. The highest BCUT2D eigenvalue weighted by molar-refractivity contribution is 5.93. The summed E-state index contributed by atoms with van der Waals surface area (Å²) in [6.07, 6.45) is 0.517. The number of pyridine rings is 1. The monoisotopic (exact) mass is 305 g/mol. The van der Waals surface area contributed by atoms with Crippen molar-refractivity contribution in [2.75, 3.05) is 26.2 Å². The van der Waals surface area contributed by atoms with E-state index in [1.165, 1.54) is 0 Å². The minimum absolute atomic E-state index is 0.122. The Morgan fingerprint density at radius 2 is 1.82 bits per heavy atom. The standard InChI is InChI=1S/C16H25N3O.C2H6/c1-4-16(20)15-7-5-6-14(17-15)12-18-8-10-19(11-9-18)13(2)3;1-2/h5-7,13H,4,8-12H2,1-3H3;1-2H3. The first-order valence-electron chi connectivity index (χ1n) is 8.55. The number of hydrogen-bond acceptors (Lipinski definition) is 4. The average molecular weight is 305 g/mol. The lowest BCUT2D eigenvalue weighted by atomic mass is 10.2. The van der Waals surface area contributed by atoms with Crippen LogP contribution in [0.15, 0.2) is 18.2 Å². The zero-order valence-electron chi connectivity index (χ0n) is 14.8. The molecule has 2 rings (SSSR count). The van der Waals surface area contributed by atoms with Crippen molar-refractivity contribution in [1.82, 2.24) is 14.8 Å². The van der Waals surface area contributed by atoms with Gasteiger partial charge in [-0.3, -0.25) is 14.6 Å². The van der Waals surface area contributed by atoms with Crippen LogP contribution in [0.2, 0.25) is 0 Å². The number of carbonyl (C=O) groups excluding carboxylic acids is 1. The number of piperazine rings is 1. The van der Waals surface area contributed by atoms with E-state index in [0.717, 1.165) is 38.4 Å². The first-order valence-corrected chi connectivity index (χ1v) is 8.55. The van der Waals surface area contributed by atoms with Crippen LogP contribution >= 0.6 is 0 Å². The highest BCUT2D eigenvalue weighted by Crippen LogP contribution is 2.10. The topological polar surface area (TPSA) is 36.4 Å². The molecule has 1 fully saturated rings. The van der Waals surface area contributed by atoms with Gasteiger partial charge in [-0.05, 0) is 26.0 Å². The maximum atomic E-state index is 11.7. The van der Waals surface area contributed by atoms with E-state index in [9.17, 15) is 4.79 Å². The van der Waals surface area contributed by atoms with Crippen molar-refractivity contribution < 1.29 is 4.79 Å². The normalized spacial score (nSPS) is 16.3. The van der Waals surface area contributed by atoms with Crippen LogP contribution in [0.4, 0.5) is 0 Å². The lowest BCUT2D eigenvalue weighted by Crippen LogP contribution is -2.48. The van der Waals surface area contributed by atoms with Gasteiger partial charge < -0.3 is 0 Å². The van der Waals surface area contributed by atoms with E-state index in [-0.39, 0.29) is 5.78 Å². The Labute approximate surface area is 135 Å². The fourth-order valence-electron chi connectivity index (χ4n) is 2.57. The van der Waals surface area contributed by atoms with Crippen molar-refractivity contribution in [3.8, 4) is 0 Å². The van der Waals surface area contributed by atoms with Crippen LogP contribution in [0, 0.1) is 0 Å². The Hall–Kier alpha value is -1.26. The van der Waals surface area contributed by atoms with E-state index in [1.54, 1.807) is 0 Å². The summed E-state index contributed by atoms with van der Waals surface area (Å²) in [5, 5.41) is 0. The van der Waals surface area contributed by atoms with Gasteiger partial charge in [0.25, 0.3) is 0 Å². The lowest BCUT2D eigenvalue weighted by Gasteiger charge is -2.36. The Balaban J connectivity index is 0.00000116. The van der Waals surface area contributed by atoms with E-state index in [1.807, 2.05) is 39.0 Å². The van der Waals surface area contributed by atoms with E-state index >= 15 is 0 Å². The molecule has 0 spiro atoms. The predicted octanol–water partition coefficient (Wildman–Crippen LogP) is 3.23. The van der Waals surface area contributed by atoms with Crippen LogP contribution in [0.3, 0.4) is 0 Å². The first kappa shape index (κ1) is 18.8. The SMILES string of the molecule is CC.CCC(=O)c1cccc(CN2CCN(C(C)C)CC2)n1. The molecule has 2 heterocycles. The molecule has 4 heteroatoms. The summed E-state index contributed by atoms with van der Waals surface area (Å²) in [7, 11) is 0. The van der Waals surface area contributed by atoms with Crippen LogP contribution in [-0.2, 0) is 6.54 Å². The van der Waals surface area contributed by atoms with Gasteiger partial charge in [0.2, 0.25) is 0 Å². The number of nitrogens with zero attached hydrogens (tertiary/aromatic N) is 3. The summed E-state index contributed by atoms with van der Waals surface area (Å²) in [6.45, 7) is 15.6. The lowest BCUT2D eigenvalue weighted by molar-refractivity contribution is 0.0977. The summed E-state index contributed by atoms with van der Waals surface area (Å²) < 4.78 is 0. The number of carbonyl (C=O) groups is 1. The van der Waals surface area contributed by atoms with E-state index < -0.39 is 0 Å². The molecule has 0 radical (unpaired) electrons. The minimum atomic E-state index is 0.122. The smallest absolute Gasteiger partial charge is 0.180 e. The summed E-state index contributed by atoms with van der Waals surface area (Å²) in [4.78, 5) is 21.1. The highest BCUT2D eigenvalue weighted by Gasteiger charge is 2.19. The molecule has 1 aromatic heterocycles. The Morgan fingerprint density at radius 3 is 2.36 bits per heavy atom. The van der Waals surface area contributed by atoms with Crippen molar-refractivity contribution >= 4 is 5.78 Å². The van der Waals surface area contributed by atoms with Crippen LogP contribution in [0.1, 0.15) is 57.2 Å². The second-order valence-electron chi connectivity index (χ2n) is 5.70. The molecule has 0 aromatic carbocycles. The highest BCUT2D eigenvalue weighted by atomic mass is 16.1. The van der Waals surface area contributed by atoms with Gasteiger partial charge in [-0.25, -0.2) is 4.98 Å². The molecule has 1 aromatic rings. The van der Waals surface area contributed by atoms with Gasteiger partial charge in [0.1, 0.15) is 5.69 Å².